The molecule has 0 saturated heterocycles. The van der Waals surface area contributed by atoms with Crippen molar-refractivity contribution >= 4 is 10.9 Å². The maximum Gasteiger partial charge on any atom is 0.213 e. The molecule has 4 heteroatoms. The fraction of sp³-hybridized carbons (Fsp3) is 0.350. The van der Waals surface area contributed by atoms with Gasteiger partial charge in [0.1, 0.15) is 0 Å². The van der Waals surface area contributed by atoms with E-state index in [-0.39, 0.29) is 6.10 Å². The lowest BCUT2D eigenvalue weighted by molar-refractivity contribution is 0.151. The quantitative estimate of drug-likeness (QED) is 0.781. The molecule has 1 aliphatic carbocycles. The first-order valence-electron chi connectivity index (χ1n) is 8.42. The smallest absolute Gasteiger partial charge is 0.213 e. The van der Waals surface area contributed by atoms with Crippen molar-refractivity contribution in [3.05, 3.63) is 48.3 Å². The highest BCUT2D eigenvalue weighted by Gasteiger charge is 2.29. The normalized spacial score (nSPS) is 15.6. The molecule has 24 heavy (non-hydrogen) atoms. The molecule has 0 aliphatic heterocycles. The molecule has 1 N–H and O–H groups in total. The molecule has 2 heterocycles. The first-order valence-corrected chi connectivity index (χ1v) is 8.42. The molecular formula is C20H22N2O2. The molecule has 1 fully saturated rings. The summed E-state index contributed by atoms with van der Waals surface area (Å²) in [6.45, 7) is 0. The van der Waals surface area contributed by atoms with Gasteiger partial charge in [-0.05, 0) is 36.3 Å². The largest absolute Gasteiger partial charge is 0.481 e. The van der Waals surface area contributed by atoms with E-state index in [1.54, 1.807) is 7.11 Å². The first kappa shape index (κ1) is 15.2. The van der Waals surface area contributed by atoms with Gasteiger partial charge in [0, 0.05) is 30.3 Å². The molecule has 3 aromatic rings. The van der Waals surface area contributed by atoms with Gasteiger partial charge in [-0.25, -0.2) is 4.98 Å². The van der Waals surface area contributed by atoms with E-state index in [1.807, 2.05) is 19.3 Å². The second-order valence-corrected chi connectivity index (χ2v) is 6.70. The van der Waals surface area contributed by atoms with Crippen LogP contribution in [0.1, 0.15) is 18.4 Å². The molecule has 0 amide bonds. The van der Waals surface area contributed by atoms with E-state index in [1.165, 1.54) is 29.5 Å². The Balaban J connectivity index is 1.66. The summed E-state index contributed by atoms with van der Waals surface area (Å²) in [4.78, 5) is 4.29. The summed E-state index contributed by atoms with van der Waals surface area (Å²) in [6.07, 6.45) is 6.87. The Morgan fingerprint density at radius 2 is 2.04 bits per heavy atom. The first-order chi connectivity index (χ1) is 11.7. The van der Waals surface area contributed by atoms with Crippen LogP contribution < -0.4 is 4.74 Å². The minimum Gasteiger partial charge on any atom is -0.481 e. The Bertz CT molecular complexity index is 863. The molecule has 0 radical (unpaired) electrons. The maximum atomic E-state index is 10.1. The van der Waals surface area contributed by atoms with E-state index in [0.717, 1.165) is 17.3 Å². The van der Waals surface area contributed by atoms with E-state index in [0.29, 0.717) is 11.8 Å². The summed E-state index contributed by atoms with van der Waals surface area (Å²) in [5.74, 6) is 1.14. The third kappa shape index (κ3) is 2.78. The molecule has 4 rings (SSSR count). The van der Waals surface area contributed by atoms with E-state index in [2.05, 4.69) is 40.0 Å². The summed E-state index contributed by atoms with van der Waals surface area (Å²) >= 11 is 0. The number of aryl methyl sites for hydroxylation is 1. The number of hydrogen-bond acceptors (Lipinski definition) is 3. The van der Waals surface area contributed by atoms with E-state index in [4.69, 9.17) is 4.74 Å². The van der Waals surface area contributed by atoms with Gasteiger partial charge in [-0.1, -0.05) is 24.3 Å². The molecule has 0 spiro atoms. The van der Waals surface area contributed by atoms with Gasteiger partial charge >= 0.3 is 0 Å². The fourth-order valence-electron chi connectivity index (χ4n) is 3.31. The van der Waals surface area contributed by atoms with Gasteiger partial charge in [-0.3, -0.25) is 0 Å². The molecule has 1 aliphatic rings. The second kappa shape index (κ2) is 5.95. The lowest BCUT2D eigenvalue weighted by Gasteiger charge is -2.09. The molecule has 0 bridgehead atoms. The number of methoxy groups -OCH3 is 1. The van der Waals surface area contributed by atoms with Crippen molar-refractivity contribution in [1.29, 1.82) is 0 Å². The van der Waals surface area contributed by atoms with Crippen LogP contribution in [0.15, 0.2) is 42.7 Å². The van der Waals surface area contributed by atoms with E-state index in [9.17, 15) is 5.11 Å². The average Bonchev–Trinajstić information content (AvgIpc) is 3.40. The highest BCUT2D eigenvalue weighted by molar-refractivity contribution is 5.96. The zero-order chi connectivity index (χ0) is 16.7. The number of aliphatic hydroxyl groups is 1. The minimum atomic E-state index is -0.191. The number of aliphatic hydroxyl groups excluding tert-OH is 1. The predicted octanol–water partition coefficient (Wildman–Crippen LogP) is 3.56. The van der Waals surface area contributed by atoms with Crippen LogP contribution in [0.25, 0.3) is 22.0 Å². The SMILES string of the molecule is COc1cc2c(-c3ccc(CC(O)C4CC4)cc3)cn(C)c2cn1. The van der Waals surface area contributed by atoms with Crippen molar-refractivity contribution < 1.29 is 9.84 Å². The van der Waals surface area contributed by atoms with Gasteiger partial charge in [0.25, 0.3) is 0 Å². The lowest BCUT2D eigenvalue weighted by atomic mass is 10.00. The van der Waals surface area contributed by atoms with Crippen molar-refractivity contribution in [2.45, 2.75) is 25.4 Å². The van der Waals surface area contributed by atoms with Gasteiger partial charge in [0.05, 0.1) is 24.9 Å². The monoisotopic (exact) mass is 322 g/mol. The minimum absolute atomic E-state index is 0.191. The van der Waals surface area contributed by atoms with Crippen LogP contribution in [-0.4, -0.2) is 27.9 Å². The van der Waals surface area contributed by atoms with E-state index >= 15 is 0 Å². The Hall–Kier alpha value is -2.33. The summed E-state index contributed by atoms with van der Waals surface area (Å²) in [7, 11) is 3.66. The molecule has 124 valence electrons. The lowest BCUT2D eigenvalue weighted by Crippen LogP contribution is -2.12. The Labute approximate surface area is 141 Å². The molecule has 4 nitrogen and oxygen atoms in total. The number of pyridine rings is 1. The highest BCUT2D eigenvalue weighted by Crippen LogP contribution is 2.35. The summed E-state index contributed by atoms with van der Waals surface area (Å²) in [5.41, 5.74) is 4.61. The van der Waals surface area contributed by atoms with Gasteiger partial charge in [0.2, 0.25) is 5.88 Å². The van der Waals surface area contributed by atoms with E-state index < -0.39 is 0 Å². The van der Waals surface area contributed by atoms with Crippen LogP contribution in [0, 0.1) is 5.92 Å². The van der Waals surface area contributed by atoms with Gasteiger partial charge < -0.3 is 14.4 Å². The number of ether oxygens (including phenoxy) is 1. The van der Waals surface area contributed by atoms with Crippen LogP contribution in [0.5, 0.6) is 5.88 Å². The van der Waals surface area contributed by atoms with Crippen LogP contribution in [0.4, 0.5) is 0 Å². The summed E-state index contributed by atoms with van der Waals surface area (Å²) in [6, 6.07) is 10.5. The van der Waals surface area contributed by atoms with Crippen LogP contribution in [0.3, 0.4) is 0 Å². The zero-order valence-electron chi connectivity index (χ0n) is 14.1. The standard InChI is InChI=1S/C20H22N2O2/c1-22-12-17(16-10-20(24-2)21-11-18(16)22)14-5-3-13(4-6-14)9-19(23)15-7-8-15/h3-6,10-12,15,19,23H,7-9H2,1-2H3. The van der Waals surface area contributed by atoms with Crippen LogP contribution in [0.2, 0.25) is 0 Å². The topological polar surface area (TPSA) is 47.3 Å². The molecular weight excluding hydrogens is 300 g/mol. The van der Waals surface area contributed by atoms with Gasteiger partial charge in [-0.2, -0.15) is 0 Å². The van der Waals surface area contributed by atoms with Crippen molar-refractivity contribution in [3.8, 4) is 17.0 Å². The fourth-order valence-corrected chi connectivity index (χ4v) is 3.31. The summed E-state index contributed by atoms with van der Waals surface area (Å²) in [5, 5.41) is 11.2. The van der Waals surface area contributed by atoms with Crippen molar-refractivity contribution in [1.82, 2.24) is 9.55 Å². The molecule has 1 atom stereocenters. The maximum absolute atomic E-state index is 10.1. The van der Waals surface area contributed by atoms with Crippen molar-refractivity contribution in [2.24, 2.45) is 13.0 Å². The van der Waals surface area contributed by atoms with Crippen molar-refractivity contribution in [2.75, 3.05) is 7.11 Å². The Morgan fingerprint density at radius 3 is 2.71 bits per heavy atom. The van der Waals surface area contributed by atoms with Crippen molar-refractivity contribution in [3.63, 3.8) is 0 Å². The van der Waals surface area contributed by atoms with Gasteiger partial charge in [0.15, 0.2) is 0 Å². The Morgan fingerprint density at radius 1 is 1.29 bits per heavy atom. The number of aromatic nitrogens is 2. The third-order valence-corrected chi connectivity index (χ3v) is 4.94. The molecule has 1 aromatic carbocycles. The molecule has 2 aromatic heterocycles. The van der Waals surface area contributed by atoms with Crippen LogP contribution >= 0.6 is 0 Å². The summed E-state index contributed by atoms with van der Waals surface area (Å²) < 4.78 is 7.35. The average molecular weight is 322 g/mol. The number of nitrogens with zero attached hydrogens (tertiary/aromatic N) is 2. The van der Waals surface area contributed by atoms with Crippen LogP contribution in [-0.2, 0) is 13.5 Å². The third-order valence-electron chi connectivity index (χ3n) is 4.94. The number of hydrogen-bond donors (Lipinski definition) is 1. The Kier molecular flexibility index (Phi) is 3.77. The second-order valence-electron chi connectivity index (χ2n) is 6.70. The number of rotatable bonds is 5. The molecule has 1 unspecified atom stereocenters. The van der Waals surface area contributed by atoms with Gasteiger partial charge in [-0.15, -0.1) is 0 Å². The zero-order valence-corrected chi connectivity index (χ0v) is 14.1. The number of benzene rings is 1. The molecule has 1 saturated carbocycles. The predicted molar refractivity (Wildman–Crippen MR) is 95.1 cm³/mol. The number of fused-ring (bicyclic) bond motifs is 1. The highest BCUT2D eigenvalue weighted by atomic mass is 16.5.